The van der Waals surface area contributed by atoms with Crippen LogP contribution in [0.15, 0.2) is 61.1 Å². The van der Waals surface area contributed by atoms with Gasteiger partial charge in [0.25, 0.3) is 0 Å². The van der Waals surface area contributed by atoms with E-state index < -0.39 is 0 Å². The smallest absolute Gasteiger partial charge is 0.0653 e. The summed E-state index contributed by atoms with van der Waals surface area (Å²) in [5.41, 5.74) is 3.42. The van der Waals surface area contributed by atoms with Crippen molar-refractivity contribution in [2.75, 3.05) is 5.32 Å². The van der Waals surface area contributed by atoms with Crippen LogP contribution in [-0.4, -0.2) is 14.3 Å². The van der Waals surface area contributed by atoms with Gasteiger partial charge < -0.3 is 9.88 Å². The Bertz CT molecular complexity index is 682. The Hall–Kier alpha value is -2.49. The Labute approximate surface area is 118 Å². The average molecular weight is 266 g/mol. The lowest BCUT2D eigenvalue weighted by Crippen LogP contribution is -2.11. The van der Waals surface area contributed by atoms with Crippen LogP contribution in [0.3, 0.4) is 0 Å². The topological polar surface area (TPSA) is 34.8 Å². The molecule has 1 aromatic carbocycles. The van der Waals surface area contributed by atoms with Gasteiger partial charge in [-0.2, -0.15) is 5.10 Å². The molecule has 4 nitrogen and oxygen atoms in total. The molecule has 0 saturated carbocycles. The van der Waals surface area contributed by atoms with Gasteiger partial charge in [-0.1, -0.05) is 6.07 Å². The first-order chi connectivity index (χ1) is 9.74. The first-order valence-electron chi connectivity index (χ1n) is 6.72. The number of rotatable bonds is 4. The highest BCUT2D eigenvalue weighted by Gasteiger charge is 2.09. The second-order valence-corrected chi connectivity index (χ2v) is 4.89. The summed E-state index contributed by atoms with van der Waals surface area (Å²) in [6.07, 6.45) is 5.91. The highest BCUT2D eigenvalue weighted by molar-refractivity contribution is 5.52. The highest BCUT2D eigenvalue weighted by Crippen LogP contribution is 2.21. The molecule has 0 fully saturated rings. The molecule has 3 rings (SSSR count). The molecule has 1 N–H and O–H groups in total. The van der Waals surface area contributed by atoms with Crippen molar-refractivity contribution < 1.29 is 0 Å². The molecule has 0 aliphatic carbocycles. The molecule has 0 bridgehead atoms. The fraction of sp³-hybridized carbons (Fsp3) is 0.188. The van der Waals surface area contributed by atoms with Crippen LogP contribution in [0.4, 0.5) is 5.69 Å². The Balaban J connectivity index is 1.81. The van der Waals surface area contributed by atoms with Crippen LogP contribution < -0.4 is 5.32 Å². The molecule has 0 aliphatic rings. The van der Waals surface area contributed by atoms with E-state index in [0.29, 0.717) is 0 Å². The van der Waals surface area contributed by atoms with Crippen LogP contribution in [0.1, 0.15) is 18.7 Å². The Morgan fingerprint density at radius 2 is 1.90 bits per heavy atom. The van der Waals surface area contributed by atoms with E-state index in [1.165, 1.54) is 0 Å². The molecule has 0 amide bonds. The third-order valence-electron chi connectivity index (χ3n) is 3.43. The van der Waals surface area contributed by atoms with Gasteiger partial charge in [-0.3, -0.25) is 4.68 Å². The second-order valence-electron chi connectivity index (χ2n) is 4.89. The predicted molar refractivity (Wildman–Crippen MR) is 81.0 cm³/mol. The minimum Gasteiger partial charge on any atom is -0.377 e. The minimum atomic E-state index is 0.211. The normalized spacial score (nSPS) is 12.3. The van der Waals surface area contributed by atoms with Gasteiger partial charge in [0.1, 0.15) is 0 Å². The van der Waals surface area contributed by atoms with E-state index in [2.05, 4.69) is 46.2 Å². The molecule has 1 unspecified atom stereocenters. The number of hydrogen-bond acceptors (Lipinski definition) is 2. The first-order valence-corrected chi connectivity index (χ1v) is 6.72. The van der Waals surface area contributed by atoms with Gasteiger partial charge in [0.15, 0.2) is 0 Å². The number of aryl methyl sites for hydroxylation is 1. The summed E-state index contributed by atoms with van der Waals surface area (Å²) in [7, 11) is 1.96. The molecule has 2 aromatic heterocycles. The highest BCUT2D eigenvalue weighted by atomic mass is 15.3. The Morgan fingerprint density at radius 1 is 1.10 bits per heavy atom. The molecule has 1 atom stereocenters. The van der Waals surface area contributed by atoms with Crippen LogP contribution in [0.5, 0.6) is 0 Å². The third kappa shape index (κ3) is 2.45. The monoisotopic (exact) mass is 266 g/mol. The van der Waals surface area contributed by atoms with E-state index in [0.717, 1.165) is 17.1 Å². The molecule has 4 heteroatoms. The molecule has 0 aliphatic heterocycles. The Morgan fingerprint density at radius 3 is 2.60 bits per heavy atom. The van der Waals surface area contributed by atoms with Crippen molar-refractivity contribution in [1.82, 2.24) is 14.3 Å². The largest absolute Gasteiger partial charge is 0.377 e. The van der Waals surface area contributed by atoms with Crippen LogP contribution >= 0.6 is 0 Å². The van der Waals surface area contributed by atoms with Gasteiger partial charge in [0.2, 0.25) is 0 Å². The van der Waals surface area contributed by atoms with Crippen molar-refractivity contribution in [3.8, 4) is 5.69 Å². The lowest BCUT2D eigenvalue weighted by atomic mass is 10.2. The fourth-order valence-corrected chi connectivity index (χ4v) is 2.40. The van der Waals surface area contributed by atoms with Gasteiger partial charge in [-0.05, 0) is 43.3 Å². The van der Waals surface area contributed by atoms with Crippen molar-refractivity contribution in [1.29, 1.82) is 0 Å². The summed E-state index contributed by atoms with van der Waals surface area (Å²) in [5.74, 6) is 0. The molecule has 0 radical (unpaired) electrons. The van der Waals surface area contributed by atoms with E-state index in [-0.39, 0.29) is 6.04 Å². The Kier molecular flexibility index (Phi) is 3.29. The van der Waals surface area contributed by atoms with Crippen molar-refractivity contribution in [2.45, 2.75) is 13.0 Å². The minimum absolute atomic E-state index is 0.211. The molecule has 0 spiro atoms. The number of anilines is 1. The SMILES string of the molecule is CC(Nc1cccc(-n2cccc2)c1)c1ccnn1C. The van der Waals surface area contributed by atoms with E-state index in [1.54, 1.807) is 0 Å². The van der Waals surface area contributed by atoms with E-state index >= 15 is 0 Å². The van der Waals surface area contributed by atoms with Crippen LogP contribution in [0.25, 0.3) is 5.69 Å². The molecule has 20 heavy (non-hydrogen) atoms. The van der Waals surface area contributed by atoms with Gasteiger partial charge in [0.05, 0.1) is 11.7 Å². The van der Waals surface area contributed by atoms with Crippen molar-refractivity contribution in [3.05, 3.63) is 66.7 Å². The summed E-state index contributed by atoms with van der Waals surface area (Å²) in [4.78, 5) is 0. The zero-order valence-electron chi connectivity index (χ0n) is 11.7. The summed E-state index contributed by atoms with van der Waals surface area (Å²) in [6.45, 7) is 2.14. The maximum absolute atomic E-state index is 4.21. The lowest BCUT2D eigenvalue weighted by molar-refractivity contribution is 0.676. The number of aromatic nitrogens is 3. The molecule has 3 aromatic rings. The number of benzene rings is 1. The summed E-state index contributed by atoms with van der Waals surface area (Å²) in [6, 6.07) is 14.7. The van der Waals surface area contributed by atoms with Crippen molar-refractivity contribution >= 4 is 5.69 Å². The van der Waals surface area contributed by atoms with Gasteiger partial charge in [-0.25, -0.2) is 0 Å². The predicted octanol–water partition coefficient (Wildman–Crippen LogP) is 3.38. The third-order valence-corrected chi connectivity index (χ3v) is 3.43. The first kappa shape index (κ1) is 12.5. The van der Waals surface area contributed by atoms with Gasteiger partial charge >= 0.3 is 0 Å². The molecular formula is C16H18N4. The van der Waals surface area contributed by atoms with Crippen molar-refractivity contribution in [3.63, 3.8) is 0 Å². The number of nitrogens with one attached hydrogen (secondary N) is 1. The van der Waals surface area contributed by atoms with Gasteiger partial charge in [-0.15, -0.1) is 0 Å². The molecule has 0 saturated heterocycles. The molecular weight excluding hydrogens is 248 g/mol. The van der Waals surface area contributed by atoms with E-state index in [4.69, 9.17) is 0 Å². The second kappa shape index (κ2) is 5.25. The van der Waals surface area contributed by atoms with Crippen LogP contribution in [0, 0.1) is 0 Å². The summed E-state index contributed by atoms with van der Waals surface area (Å²) < 4.78 is 3.99. The van der Waals surface area contributed by atoms with E-state index in [9.17, 15) is 0 Å². The van der Waals surface area contributed by atoms with Gasteiger partial charge in [0, 0.05) is 37.0 Å². The number of hydrogen-bond donors (Lipinski definition) is 1. The number of nitrogens with zero attached hydrogens (tertiary/aromatic N) is 3. The van der Waals surface area contributed by atoms with Crippen molar-refractivity contribution in [2.24, 2.45) is 7.05 Å². The maximum Gasteiger partial charge on any atom is 0.0653 e. The zero-order chi connectivity index (χ0) is 13.9. The standard InChI is InChI=1S/C16H18N4/c1-13(16-8-9-17-19(16)2)18-14-6-5-7-15(12-14)20-10-3-4-11-20/h3-13,18H,1-2H3. The molecule has 102 valence electrons. The lowest BCUT2D eigenvalue weighted by Gasteiger charge is -2.16. The summed E-state index contributed by atoms with van der Waals surface area (Å²) in [5, 5.41) is 7.72. The van der Waals surface area contributed by atoms with Crippen LogP contribution in [0.2, 0.25) is 0 Å². The van der Waals surface area contributed by atoms with Crippen LogP contribution in [-0.2, 0) is 7.05 Å². The fourth-order valence-electron chi connectivity index (χ4n) is 2.40. The summed E-state index contributed by atoms with van der Waals surface area (Å²) >= 11 is 0. The molecule has 2 heterocycles. The van der Waals surface area contributed by atoms with E-state index in [1.807, 2.05) is 48.5 Å². The quantitative estimate of drug-likeness (QED) is 0.785. The zero-order valence-corrected chi connectivity index (χ0v) is 11.7. The maximum atomic E-state index is 4.21. The average Bonchev–Trinajstić information content (AvgIpc) is 3.09.